The fourth-order valence-corrected chi connectivity index (χ4v) is 2.99. The highest BCUT2D eigenvalue weighted by molar-refractivity contribution is 4.92. The molecule has 2 nitrogen and oxygen atoms in total. The largest absolute Gasteiger partial charge is 0.373 e. The van der Waals surface area contributed by atoms with Crippen molar-refractivity contribution in [2.24, 2.45) is 5.92 Å². The van der Waals surface area contributed by atoms with Gasteiger partial charge in [-0.15, -0.1) is 0 Å². The summed E-state index contributed by atoms with van der Waals surface area (Å²) in [6.07, 6.45) is 7.11. The van der Waals surface area contributed by atoms with E-state index in [1.165, 1.54) is 32.1 Å². The first kappa shape index (κ1) is 12.4. The van der Waals surface area contributed by atoms with Crippen LogP contribution in [0.1, 0.15) is 59.8 Å². The monoisotopic (exact) mass is 225 g/mol. The van der Waals surface area contributed by atoms with E-state index >= 15 is 0 Å². The molecule has 0 aromatic carbocycles. The molecule has 2 unspecified atom stereocenters. The van der Waals surface area contributed by atoms with Crippen LogP contribution in [0.5, 0.6) is 0 Å². The van der Waals surface area contributed by atoms with Crippen LogP contribution in [-0.4, -0.2) is 23.8 Å². The van der Waals surface area contributed by atoms with Crippen molar-refractivity contribution in [2.75, 3.05) is 0 Å². The highest BCUT2D eigenvalue weighted by Gasteiger charge is 2.35. The van der Waals surface area contributed by atoms with Gasteiger partial charge in [0.05, 0.1) is 11.7 Å². The van der Waals surface area contributed by atoms with E-state index in [0.717, 1.165) is 18.0 Å². The minimum absolute atomic E-state index is 0.0241. The summed E-state index contributed by atoms with van der Waals surface area (Å²) in [6, 6.07) is 1.50. The lowest BCUT2D eigenvalue weighted by Gasteiger charge is -2.41. The van der Waals surface area contributed by atoms with Crippen molar-refractivity contribution in [1.29, 1.82) is 0 Å². The Bertz CT molecular complexity index is 227. The van der Waals surface area contributed by atoms with Gasteiger partial charge in [0.1, 0.15) is 0 Å². The third kappa shape index (κ3) is 3.21. The van der Waals surface area contributed by atoms with Crippen molar-refractivity contribution in [3.05, 3.63) is 0 Å². The lowest BCUT2D eigenvalue weighted by molar-refractivity contribution is -0.103. The quantitative estimate of drug-likeness (QED) is 0.797. The van der Waals surface area contributed by atoms with Crippen molar-refractivity contribution in [3.63, 3.8) is 0 Å². The lowest BCUT2D eigenvalue weighted by atomic mass is 9.87. The summed E-state index contributed by atoms with van der Waals surface area (Å²) in [7, 11) is 0. The molecule has 16 heavy (non-hydrogen) atoms. The molecule has 0 amide bonds. The topological polar surface area (TPSA) is 21.3 Å². The van der Waals surface area contributed by atoms with Gasteiger partial charge in [-0.1, -0.05) is 13.3 Å². The zero-order chi connectivity index (χ0) is 11.8. The van der Waals surface area contributed by atoms with Gasteiger partial charge in [0, 0.05) is 12.1 Å². The van der Waals surface area contributed by atoms with Crippen LogP contribution in [0.4, 0.5) is 0 Å². The molecule has 0 aliphatic heterocycles. The SMILES string of the molecule is CC1CCCC1NC1CC(OC(C)(C)C)C1. The third-order valence-corrected chi connectivity index (χ3v) is 3.93. The maximum Gasteiger partial charge on any atom is 0.0612 e. The highest BCUT2D eigenvalue weighted by Crippen LogP contribution is 2.31. The summed E-state index contributed by atoms with van der Waals surface area (Å²) in [5.74, 6) is 0.877. The molecule has 0 spiro atoms. The minimum atomic E-state index is 0.0241. The molecule has 2 heteroatoms. The molecular weight excluding hydrogens is 198 g/mol. The number of hydrogen-bond donors (Lipinski definition) is 1. The summed E-state index contributed by atoms with van der Waals surface area (Å²) >= 11 is 0. The molecule has 2 fully saturated rings. The molecule has 1 N–H and O–H groups in total. The van der Waals surface area contributed by atoms with Gasteiger partial charge in [-0.25, -0.2) is 0 Å². The summed E-state index contributed by atoms with van der Waals surface area (Å²) in [5, 5.41) is 3.80. The molecule has 2 atom stereocenters. The Morgan fingerprint density at radius 2 is 1.81 bits per heavy atom. The molecule has 2 rings (SSSR count). The van der Waals surface area contributed by atoms with E-state index in [2.05, 4.69) is 33.0 Å². The first-order valence-corrected chi connectivity index (χ1v) is 6.88. The summed E-state index contributed by atoms with van der Waals surface area (Å²) < 4.78 is 5.96. The Labute approximate surface area is 100 Å². The summed E-state index contributed by atoms with van der Waals surface area (Å²) in [4.78, 5) is 0. The van der Waals surface area contributed by atoms with Crippen molar-refractivity contribution in [2.45, 2.75) is 83.6 Å². The minimum Gasteiger partial charge on any atom is -0.373 e. The van der Waals surface area contributed by atoms with Crippen molar-refractivity contribution >= 4 is 0 Å². The summed E-state index contributed by atoms with van der Waals surface area (Å²) in [6.45, 7) is 8.82. The standard InChI is InChI=1S/C14H27NO/c1-10-6-5-7-13(10)15-11-8-12(9-11)16-14(2,3)4/h10-13,15H,5-9H2,1-4H3. The highest BCUT2D eigenvalue weighted by atomic mass is 16.5. The van der Waals surface area contributed by atoms with Crippen LogP contribution in [0.25, 0.3) is 0 Å². The zero-order valence-electron chi connectivity index (χ0n) is 11.3. The van der Waals surface area contributed by atoms with Crippen LogP contribution < -0.4 is 5.32 Å². The molecular formula is C14H27NO. The Kier molecular flexibility index (Phi) is 3.60. The van der Waals surface area contributed by atoms with E-state index in [4.69, 9.17) is 4.74 Å². The Balaban J connectivity index is 1.65. The molecule has 2 aliphatic rings. The lowest BCUT2D eigenvalue weighted by Crippen LogP contribution is -2.51. The van der Waals surface area contributed by atoms with Crippen LogP contribution in [0.2, 0.25) is 0 Å². The molecule has 0 aromatic heterocycles. The van der Waals surface area contributed by atoms with Gasteiger partial charge in [0.25, 0.3) is 0 Å². The van der Waals surface area contributed by atoms with Crippen molar-refractivity contribution < 1.29 is 4.74 Å². The van der Waals surface area contributed by atoms with E-state index in [1.807, 2.05) is 0 Å². The Morgan fingerprint density at radius 3 is 2.31 bits per heavy atom. The average molecular weight is 225 g/mol. The van der Waals surface area contributed by atoms with E-state index in [9.17, 15) is 0 Å². The second-order valence-electron chi connectivity index (χ2n) is 6.70. The smallest absolute Gasteiger partial charge is 0.0612 e. The second kappa shape index (κ2) is 4.66. The van der Waals surface area contributed by atoms with Gasteiger partial charge in [-0.3, -0.25) is 0 Å². The Morgan fingerprint density at radius 1 is 1.12 bits per heavy atom. The van der Waals surface area contributed by atoms with E-state index < -0.39 is 0 Å². The number of hydrogen-bond acceptors (Lipinski definition) is 2. The normalized spacial score (nSPS) is 39.8. The van der Waals surface area contributed by atoms with E-state index in [1.54, 1.807) is 0 Å². The molecule has 2 saturated carbocycles. The van der Waals surface area contributed by atoms with Crippen LogP contribution in [-0.2, 0) is 4.74 Å². The van der Waals surface area contributed by atoms with Crippen LogP contribution in [0, 0.1) is 5.92 Å². The number of ether oxygens (including phenoxy) is 1. The molecule has 0 radical (unpaired) electrons. The van der Waals surface area contributed by atoms with Gasteiger partial charge < -0.3 is 10.1 Å². The molecule has 0 aromatic rings. The molecule has 94 valence electrons. The Hall–Kier alpha value is -0.0800. The number of nitrogens with one attached hydrogen (secondary N) is 1. The van der Waals surface area contributed by atoms with Gasteiger partial charge in [-0.05, 0) is 52.4 Å². The van der Waals surface area contributed by atoms with Crippen LogP contribution >= 0.6 is 0 Å². The van der Waals surface area contributed by atoms with Gasteiger partial charge in [0.2, 0.25) is 0 Å². The maximum absolute atomic E-state index is 5.96. The van der Waals surface area contributed by atoms with E-state index in [-0.39, 0.29) is 5.60 Å². The van der Waals surface area contributed by atoms with Gasteiger partial charge in [-0.2, -0.15) is 0 Å². The van der Waals surface area contributed by atoms with Crippen LogP contribution in [0.15, 0.2) is 0 Å². The first-order valence-electron chi connectivity index (χ1n) is 6.88. The van der Waals surface area contributed by atoms with Gasteiger partial charge >= 0.3 is 0 Å². The fraction of sp³-hybridized carbons (Fsp3) is 1.00. The predicted octanol–water partition coefficient (Wildman–Crippen LogP) is 3.11. The molecule has 0 saturated heterocycles. The molecule has 0 heterocycles. The maximum atomic E-state index is 5.96. The van der Waals surface area contributed by atoms with Crippen molar-refractivity contribution in [1.82, 2.24) is 5.32 Å². The second-order valence-corrected chi connectivity index (χ2v) is 6.70. The molecule has 2 aliphatic carbocycles. The predicted molar refractivity (Wildman–Crippen MR) is 67.6 cm³/mol. The average Bonchev–Trinajstić information content (AvgIpc) is 2.46. The van der Waals surface area contributed by atoms with Crippen molar-refractivity contribution in [3.8, 4) is 0 Å². The third-order valence-electron chi connectivity index (χ3n) is 3.93. The van der Waals surface area contributed by atoms with E-state index in [0.29, 0.717) is 6.10 Å². The summed E-state index contributed by atoms with van der Waals surface area (Å²) in [5.41, 5.74) is 0.0241. The van der Waals surface area contributed by atoms with Gasteiger partial charge in [0.15, 0.2) is 0 Å². The number of rotatable bonds is 3. The van der Waals surface area contributed by atoms with Crippen LogP contribution in [0.3, 0.4) is 0 Å². The molecule has 0 bridgehead atoms. The zero-order valence-corrected chi connectivity index (χ0v) is 11.3. The fourth-order valence-electron chi connectivity index (χ4n) is 2.99. The first-order chi connectivity index (χ1) is 7.44.